The van der Waals surface area contributed by atoms with Crippen molar-refractivity contribution in [2.45, 2.75) is 18.0 Å². The summed E-state index contributed by atoms with van der Waals surface area (Å²) in [4.78, 5) is 0.0755. The highest BCUT2D eigenvalue weighted by Gasteiger charge is 2.19. The van der Waals surface area contributed by atoms with E-state index in [0.29, 0.717) is 12.1 Å². The number of aromatic nitrogens is 3. The Morgan fingerprint density at radius 3 is 2.86 bits per heavy atom. The van der Waals surface area contributed by atoms with Crippen molar-refractivity contribution in [1.82, 2.24) is 19.7 Å². The lowest BCUT2D eigenvalue weighted by Gasteiger charge is -2.12. The molecule has 0 atom stereocenters. The van der Waals surface area contributed by atoms with Gasteiger partial charge < -0.3 is 10.5 Å². The molecule has 0 unspecified atom stereocenters. The van der Waals surface area contributed by atoms with Gasteiger partial charge in [-0.25, -0.2) is 13.1 Å². The van der Waals surface area contributed by atoms with Crippen molar-refractivity contribution < 1.29 is 13.2 Å². The van der Waals surface area contributed by atoms with Gasteiger partial charge in [0.15, 0.2) is 0 Å². The third kappa shape index (κ3) is 3.78. The minimum atomic E-state index is -3.68. The van der Waals surface area contributed by atoms with Crippen molar-refractivity contribution >= 4 is 10.0 Å². The van der Waals surface area contributed by atoms with E-state index < -0.39 is 10.0 Å². The van der Waals surface area contributed by atoms with Gasteiger partial charge in [-0.2, -0.15) is 0 Å². The van der Waals surface area contributed by atoms with Gasteiger partial charge in [-0.1, -0.05) is 11.3 Å². The van der Waals surface area contributed by atoms with Crippen LogP contribution in [0.2, 0.25) is 0 Å². The van der Waals surface area contributed by atoms with E-state index in [1.165, 1.54) is 24.1 Å². The Morgan fingerprint density at radius 2 is 2.24 bits per heavy atom. The van der Waals surface area contributed by atoms with Gasteiger partial charge >= 0.3 is 0 Å². The van der Waals surface area contributed by atoms with Gasteiger partial charge in [-0.15, -0.1) is 5.10 Å². The van der Waals surface area contributed by atoms with E-state index in [1.807, 2.05) is 0 Å². The number of hydrogen-bond donors (Lipinski definition) is 2. The van der Waals surface area contributed by atoms with Crippen molar-refractivity contribution in [2.24, 2.45) is 5.73 Å². The van der Waals surface area contributed by atoms with Gasteiger partial charge in [0, 0.05) is 19.3 Å². The van der Waals surface area contributed by atoms with Crippen LogP contribution in [0.5, 0.6) is 5.75 Å². The first-order valence-corrected chi connectivity index (χ1v) is 7.76. The van der Waals surface area contributed by atoms with Gasteiger partial charge in [0.1, 0.15) is 10.6 Å². The lowest BCUT2D eigenvalue weighted by molar-refractivity contribution is 0.402. The highest BCUT2D eigenvalue weighted by atomic mass is 32.2. The monoisotopic (exact) mass is 311 g/mol. The molecule has 0 saturated carbocycles. The van der Waals surface area contributed by atoms with E-state index >= 15 is 0 Å². The SMILES string of the molecule is COc1ccc(CN)cc1S(=O)(=O)NCCn1ccnn1. The Balaban J connectivity index is 2.14. The van der Waals surface area contributed by atoms with E-state index in [2.05, 4.69) is 15.0 Å². The molecule has 1 heterocycles. The van der Waals surface area contributed by atoms with E-state index in [0.717, 1.165) is 0 Å². The average molecular weight is 311 g/mol. The molecule has 1 aromatic carbocycles. The molecule has 0 amide bonds. The van der Waals surface area contributed by atoms with Crippen LogP contribution in [-0.2, 0) is 23.1 Å². The first-order chi connectivity index (χ1) is 10.1. The van der Waals surface area contributed by atoms with Crippen LogP contribution in [-0.4, -0.2) is 37.1 Å². The summed E-state index contributed by atoms with van der Waals surface area (Å²) in [5, 5.41) is 7.41. The molecule has 0 aliphatic rings. The maximum atomic E-state index is 12.3. The number of nitrogens with one attached hydrogen (secondary N) is 1. The van der Waals surface area contributed by atoms with E-state index in [-0.39, 0.29) is 23.7 Å². The average Bonchev–Trinajstić information content (AvgIpc) is 2.99. The topological polar surface area (TPSA) is 112 Å². The number of sulfonamides is 1. The highest BCUT2D eigenvalue weighted by molar-refractivity contribution is 7.89. The van der Waals surface area contributed by atoms with Crippen molar-refractivity contribution in [3.63, 3.8) is 0 Å². The molecule has 0 spiro atoms. The normalized spacial score (nSPS) is 11.5. The number of methoxy groups -OCH3 is 1. The standard InChI is InChI=1S/C12H17N5O3S/c1-20-11-3-2-10(9-13)8-12(11)21(18,19)15-5-7-17-6-4-14-16-17/h2-4,6,8,15H,5,7,9,13H2,1H3. The predicted octanol–water partition coefficient (Wildman–Crippen LogP) is -0.276. The first-order valence-electron chi connectivity index (χ1n) is 6.27. The number of rotatable bonds is 7. The second kappa shape index (κ2) is 6.66. The number of hydrogen-bond acceptors (Lipinski definition) is 6. The largest absolute Gasteiger partial charge is 0.495 e. The van der Waals surface area contributed by atoms with E-state index in [1.54, 1.807) is 18.3 Å². The van der Waals surface area contributed by atoms with Crippen molar-refractivity contribution in [1.29, 1.82) is 0 Å². The summed E-state index contributed by atoms with van der Waals surface area (Å²) < 4.78 is 33.8. The third-order valence-electron chi connectivity index (χ3n) is 2.86. The molecule has 3 N–H and O–H groups in total. The summed E-state index contributed by atoms with van der Waals surface area (Å²) in [5.41, 5.74) is 6.26. The Bertz CT molecular complexity index is 685. The molecule has 114 valence electrons. The Labute approximate surface area is 123 Å². The van der Waals surface area contributed by atoms with Crippen LogP contribution in [0.15, 0.2) is 35.5 Å². The molecular formula is C12H17N5O3S. The second-order valence-corrected chi connectivity index (χ2v) is 5.99. The summed E-state index contributed by atoms with van der Waals surface area (Å²) in [5.74, 6) is 0.278. The van der Waals surface area contributed by atoms with E-state index in [9.17, 15) is 8.42 Å². The fourth-order valence-corrected chi connectivity index (χ4v) is 3.02. The zero-order valence-corrected chi connectivity index (χ0v) is 12.4. The minimum absolute atomic E-state index is 0.0755. The van der Waals surface area contributed by atoms with Crippen LogP contribution in [0, 0.1) is 0 Å². The van der Waals surface area contributed by atoms with Gasteiger partial charge in [0.2, 0.25) is 10.0 Å². The van der Waals surface area contributed by atoms with Gasteiger partial charge in [0.05, 0.1) is 19.9 Å². The number of ether oxygens (including phenoxy) is 1. The molecule has 2 aromatic rings. The summed E-state index contributed by atoms with van der Waals surface area (Å²) in [6.45, 7) is 0.839. The van der Waals surface area contributed by atoms with Crippen LogP contribution >= 0.6 is 0 Å². The Morgan fingerprint density at radius 1 is 1.43 bits per heavy atom. The lowest BCUT2D eigenvalue weighted by Crippen LogP contribution is -2.28. The molecule has 8 nitrogen and oxygen atoms in total. The zero-order chi connectivity index (χ0) is 15.3. The van der Waals surface area contributed by atoms with Gasteiger partial charge in [-0.05, 0) is 17.7 Å². The van der Waals surface area contributed by atoms with Crippen LogP contribution in [0.1, 0.15) is 5.56 Å². The molecule has 0 saturated heterocycles. The zero-order valence-electron chi connectivity index (χ0n) is 11.6. The second-order valence-electron chi connectivity index (χ2n) is 4.25. The molecule has 0 bridgehead atoms. The molecule has 0 radical (unpaired) electrons. The smallest absolute Gasteiger partial charge is 0.244 e. The number of nitrogens with zero attached hydrogens (tertiary/aromatic N) is 3. The summed E-state index contributed by atoms with van der Waals surface area (Å²) in [6, 6.07) is 4.83. The van der Waals surface area contributed by atoms with Crippen LogP contribution in [0.4, 0.5) is 0 Å². The van der Waals surface area contributed by atoms with Gasteiger partial charge in [-0.3, -0.25) is 4.68 Å². The highest BCUT2D eigenvalue weighted by Crippen LogP contribution is 2.24. The van der Waals surface area contributed by atoms with Crippen LogP contribution in [0.25, 0.3) is 0 Å². The lowest BCUT2D eigenvalue weighted by atomic mass is 10.2. The predicted molar refractivity (Wildman–Crippen MR) is 76.1 cm³/mol. The molecule has 1 aromatic heterocycles. The molecule has 0 fully saturated rings. The van der Waals surface area contributed by atoms with Crippen molar-refractivity contribution in [3.05, 3.63) is 36.2 Å². The summed E-state index contributed by atoms with van der Waals surface area (Å²) in [6.07, 6.45) is 3.19. The van der Waals surface area contributed by atoms with Crippen LogP contribution < -0.4 is 15.2 Å². The maximum Gasteiger partial charge on any atom is 0.244 e. The summed E-state index contributed by atoms with van der Waals surface area (Å²) in [7, 11) is -2.26. The first kappa shape index (κ1) is 15.4. The van der Waals surface area contributed by atoms with Crippen LogP contribution in [0.3, 0.4) is 0 Å². The van der Waals surface area contributed by atoms with Crippen molar-refractivity contribution in [3.8, 4) is 5.75 Å². The molecule has 2 rings (SSSR count). The van der Waals surface area contributed by atoms with Gasteiger partial charge in [0.25, 0.3) is 0 Å². The fourth-order valence-electron chi connectivity index (χ4n) is 1.78. The molecule has 21 heavy (non-hydrogen) atoms. The summed E-state index contributed by atoms with van der Waals surface area (Å²) >= 11 is 0. The minimum Gasteiger partial charge on any atom is -0.495 e. The number of nitrogens with two attached hydrogens (primary N) is 1. The Hall–Kier alpha value is -1.97. The quantitative estimate of drug-likeness (QED) is 0.727. The fraction of sp³-hybridized carbons (Fsp3) is 0.333. The molecule has 0 aliphatic carbocycles. The Kier molecular flexibility index (Phi) is 4.89. The molecular weight excluding hydrogens is 294 g/mol. The molecule has 0 aliphatic heterocycles. The van der Waals surface area contributed by atoms with Crippen molar-refractivity contribution in [2.75, 3.05) is 13.7 Å². The number of benzene rings is 1. The molecule has 9 heteroatoms. The maximum absolute atomic E-state index is 12.3. The van der Waals surface area contributed by atoms with E-state index in [4.69, 9.17) is 10.5 Å². The third-order valence-corrected chi connectivity index (χ3v) is 4.34.